The maximum Gasteiger partial charge on any atom is 0.0587 e. The summed E-state index contributed by atoms with van der Waals surface area (Å²) in [6.07, 6.45) is 1.09. The zero-order valence-corrected chi connectivity index (χ0v) is 12.4. The average Bonchev–Trinajstić information content (AvgIpc) is 2.43. The zero-order valence-electron chi connectivity index (χ0n) is 12.4. The summed E-state index contributed by atoms with van der Waals surface area (Å²) in [5.41, 5.74) is 1.39. The molecule has 2 atom stereocenters. The minimum absolute atomic E-state index is 0.542. The summed E-state index contributed by atoms with van der Waals surface area (Å²) in [5, 5.41) is 3.47. The van der Waals surface area contributed by atoms with Crippen molar-refractivity contribution in [2.75, 3.05) is 40.5 Å². The number of hydrogen-bond acceptors (Lipinski definition) is 3. The molecule has 0 aliphatic heterocycles. The first-order valence-electron chi connectivity index (χ1n) is 7.00. The minimum Gasteiger partial charge on any atom is -0.384 e. The van der Waals surface area contributed by atoms with Gasteiger partial charge in [0.25, 0.3) is 0 Å². The molecule has 0 aliphatic carbocycles. The van der Waals surface area contributed by atoms with Gasteiger partial charge in [0.1, 0.15) is 0 Å². The lowest BCUT2D eigenvalue weighted by Crippen LogP contribution is -2.32. The molecule has 0 radical (unpaired) electrons. The summed E-state index contributed by atoms with van der Waals surface area (Å²) in [6.45, 7) is 5.74. The van der Waals surface area contributed by atoms with Gasteiger partial charge >= 0.3 is 0 Å². The lowest BCUT2D eigenvalue weighted by atomic mass is 9.88. The molecule has 1 aromatic carbocycles. The molecule has 1 aromatic rings. The fourth-order valence-corrected chi connectivity index (χ4v) is 2.25. The van der Waals surface area contributed by atoms with Gasteiger partial charge in [-0.15, -0.1) is 0 Å². The molecule has 1 N–H and O–H groups in total. The maximum absolute atomic E-state index is 5.30. The van der Waals surface area contributed by atoms with Gasteiger partial charge in [-0.2, -0.15) is 0 Å². The average molecular weight is 265 g/mol. The van der Waals surface area contributed by atoms with E-state index in [1.165, 1.54) is 5.56 Å². The Hall–Kier alpha value is -0.900. The van der Waals surface area contributed by atoms with Crippen LogP contribution >= 0.6 is 0 Å². The van der Waals surface area contributed by atoms with E-state index < -0.39 is 0 Å². The molecule has 0 saturated heterocycles. The molecule has 0 heterocycles. The Labute approximate surface area is 117 Å². The van der Waals surface area contributed by atoms with E-state index in [4.69, 9.17) is 9.47 Å². The lowest BCUT2D eigenvalue weighted by Gasteiger charge is -2.24. The van der Waals surface area contributed by atoms with E-state index in [1.807, 2.05) is 0 Å². The van der Waals surface area contributed by atoms with Crippen molar-refractivity contribution in [3.8, 4) is 0 Å². The third-order valence-corrected chi connectivity index (χ3v) is 3.46. The number of benzene rings is 1. The topological polar surface area (TPSA) is 30.5 Å². The molecule has 0 saturated carbocycles. The summed E-state index contributed by atoms with van der Waals surface area (Å²) < 4.78 is 10.4. The molecule has 19 heavy (non-hydrogen) atoms. The number of hydrogen-bond donors (Lipinski definition) is 1. The third-order valence-electron chi connectivity index (χ3n) is 3.46. The second-order valence-corrected chi connectivity index (χ2v) is 5.08. The zero-order chi connectivity index (χ0) is 13.9. The highest BCUT2D eigenvalue weighted by molar-refractivity contribution is 5.15. The van der Waals surface area contributed by atoms with Gasteiger partial charge in [0.15, 0.2) is 0 Å². The van der Waals surface area contributed by atoms with E-state index in [0.29, 0.717) is 11.8 Å². The van der Waals surface area contributed by atoms with Crippen LogP contribution in [0.4, 0.5) is 0 Å². The largest absolute Gasteiger partial charge is 0.384 e. The number of methoxy groups -OCH3 is 2. The van der Waals surface area contributed by atoms with Crippen LogP contribution in [0.5, 0.6) is 0 Å². The third kappa shape index (κ3) is 6.71. The Balaban J connectivity index is 2.48. The van der Waals surface area contributed by atoms with Gasteiger partial charge < -0.3 is 14.8 Å². The van der Waals surface area contributed by atoms with Crippen molar-refractivity contribution in [1.82, 2.24) is 5.32 Å². The summed E-state index contributed by atoms with van der Waals surface area (Å²) in [5.74, 6) is 1.12. The van der Waals surface area contributed by atoms with Crippen molar-refractivity contribution in [2.45, 2.75) is 13.3 Å². The molecule has 108 valence electrons. The first-order chi connectivity index (χ1) is 9.27. The van der Waals surface area contributed by atoms with Crippen LogP contribution in [0.15, 0.2) is 30.3 Å². The predicted molar refractivity (Wildman–Crippen MR) is 79.4 cm³/mol. The Morgan fingerprint density at radius 2 is 1.84 bits per heavy atom. The Bertz CT molecular complexity index is 316. The summed E-state index contributed by atoms with van der Waals surface area (Å²) in [4.78, 5) is 0. The SMILES string of the molecule is COCCNCC(Cc1ccccc1)C(C)COC. The molecular weight excluding hydrogens is 238 g/mol. The van der Waals surface area contributed by atoms with Crippen molar-refractivity contribution in [3.05, 3.63) is 35.9 Å². The van der Waals surface area contributed by atoms with Crippen molar-refractivity contribution >= 4 is 0 Å². The molecule has 0 bridgehead atoms. The van der Waals surface area contributed by atoms with Gasteiger partial charge in [0.05, 0.1) is 6.61 Å². The lowest BCUT2D eigenvalue weighted by molar-refractivity contribution is 0.126. The van der Waals surface area contributed by atoms with E-state index in [-0.39, 0.29) is 0 Å². The van der Waals surface area contributed by atoms with Crippen LogP contribution in [0, 0.1) is 11.8 Å². The van der Waals surface area contributed by atoms with Crippen LogP contribution < -0.4 is 5.32 Å². The normalized spacial score (nSPS) is 14.3. The van der Waals surface area contributed by atoms with Gasteiger partial charge in [-0.3, -0.25) is 0 Å². The standard InChI is InChI=1S/C16H27NO2/c1-14(13-19-3)16(12-17-9-10-18-2)11-15-7-5-4-6-8-15/h4-8,14,16-17H,9-13H2,1-3H3. The molecule has 0 aromatic heterocycles. The highest BCUT2D eigenvalue weighted by atomic mass is 16.5. The fourth-order valence-electron chi connectivity index (χ4n) is 2.25. The predicted octanol–water partition coefficient (Wildman–Crippen LogP) is 2.36. The molecule has 0 aliphatic rings. The Morgan fingerprint density at radius 3 is 2.47 bits per heavy atom. The highest BCUT2D eigenvalue weighted by Gasteiger charge is 2.17. The number of ether oxygens (including phenoxy) is 2. The summed E-state index contributed by atoms with van der Waals surface area (Å²) in [7, 11) is 3.51. The smallest absolute Gasteiger partial charge is 0.0587 e. The molecule has 0 fully saturated rings. The molecule has 3 nitrogen and oxygen atoms in total. The highest BCUT2D eigenvalue weighted by Crippen LogP contribution is 2.17. The van der Waals surface area contributed by atoms with Gasteiger partial charge in [-0.1, -0.05) is 37.3 Å². The van der Waals surface area contributed by atoms with Crippen LogP contribution in [-0.4, -0.2) is 40.5 Å². The van der Waals surface area contributed by atoms with E-state index in [9.17, 15) is 0 Å². The van der Waals surface area contributed by atoms with Gasteiger partial charge in [0.2, 0.25) is 0 Å². The van der Waals surface area contributed by atoms with Gasteiger partial charge in [0, 0.05) is 27.4 Å². The quantitative estimate of drug-likeness (QED) is 0.659. The molecule has 3 heteroatoms. The van der Waals surface area contributed by atoms with Gasteiger partial charge in [-0.25, -0.2) is 0 Å². The molecule has 1 rings (SSSR count). The van der Waals surface area contributed by atoms with Crippen molar-refractivity contribution in [2.24, 2.45) is 11.8 Å². The Kier molecular flexibility index (Phi) is 8.47. The molecule has 0 spiro atoms. The first kappa shape index (κ1) is 16.2. The molecular formula is C16H27NO2. The van der Waals surface area contributed by atoms with E-state index in [2.05, 4.69) is 42.6 Å². The van der Waals surface area contributed by atoms with Crippen LogP contribution in [0.3, 0.4) is 0 Å². The fraction of sp³-hybridized carbons (Fsp3) is 0.625. The van der Waals surface area contributed by atoms with E-state index in [1.54, 1.807) is 14.2 Å². The first-order valence-corrected chi connectivity index (χ1v) is 7.00. The van der Waals surface area contributed by atoms with Crippen LogP contribution in [0.1, 0.15) is 12.5 Å². The van der Waals surface area contributed by atoms with Crippen molar-refractivity contribution in [3.63, 3.8) is 0 Å². The Morgan fingerprint density at radius 1 is 1.11 bits per heavy atom. The molecule has 2 unspecified atom stereocenters. The number of rotatable bonds is 10. The second-order valence-electron chi connectivity index (χ2n) is 5.08. The van der Waals surface area contributed by atoms with Crippen LogP contribution in [-0.2, 0) is 15.9 Å². The maximum atomic E-state index is 5.30. The van der Waals surface area contributed by atoms with Crippen molar-refractivity contribution in [1.29, 1.82) is 0 Å². The minimum atomic E-state index is 0.542. The van der Waals surface area contributed by atoms with Crippen LogP contribution in [0.2, 0.25) is 0 Å². The summed E-state index contributed by atoms with van der Waals surface area (Å²) >= 11 is 0. The van der Waals surface area contributed by atoms with Crippen molar-refractivity contribution < 1.29 is 9.47 Å². The summed E-state index contributed by atoms with van der Waals surface area (Å²) in [6, 6.07) is 10.7. The number of nitrogens with one attached hydrogen (secondary N) is 1. The monoisotopic (exact) mass is 265 g/mol. The van der Waals surface area contributed by atoms with E-state index in [0.717, 1.165) is 32.7 Å². The van der Waals surface area contributed by atoms with Gasteiger partial charge in [-0.05, 0) is 30.4 Å². The van der Waals surface area contributed by atoms with E-state index >= 15 is 0 Å². The molecule has 0 amide bonds. The van der Waals surface area contributed by atoms with Crippen LogP contribution in [0.25, 0.3) is 0 Å². The second kappa shape index (κ2) is 9.96.